The van der Waals surface area contributed by atoms with E-state index in [4.69, 9.17) is 4.74 Å². The Morgan fingerprint density at radius 3 is 2.52 bits per heavy atom. The summed E-state index contributed by atoms with van der Waals surface area (Å²) in [4.78, 5) is 16.1. The van der Waals surface area contributed by atoms with Crippen LogP contribution in [-0.4, -0.2) is 26.6 Å². The molecule has 0 saturated carbocycles. The second-order valence-corrected chi connectivity index (χ2v) is 8.18. The maximum absolute atomic E-state index is 13.1. The summed E-state index contributed by atoms with van der Waals surface area (Å²) < 4.78 is 7.51. The van der Waals surface area contributed by atoms with Gasteiger partial charge in [-0.25, -0.2) is 0 Å². The fourth-order valence-corrected chi connectivity index (χ4v) is 4.48. The molecule has 1 aliphatic rings. The third kappa shape index (κ3) is 4.10. The van der Waals surface area contributed by atoms with Gasteiger partial charge >= 0.3 is 0 Å². The van der Waals surface area contributed by atoms with Crippen LogP contribution >= 0.6 is 11.9 Å². The van der Waals surface area contributed by atoms with E-state index in [2.05, 4.69) is 10.4 Å². The minimum Gasteiger partial charge on any atom is -0.495 e. The number of anilines is 2. The average molecular weight is 405 g/mol. The van der Waals surface area contributed by atoms with Gasteiger partial charge < -0.3 is 13.9 Å². The van der Waals surface area contributed by atoms with Crippen LogP contribution in [0.5, 0.6) is 5.75 Å². The number of carbonyl (C=O) groups is 1. The lowest BCUT2D eigenvalue weighted by atomic mass is 10.0. The van der Waals surface area contributed by atoms with Crippen molar-refractivity contribution in [3.05, 3.63) is 83.9 Å². The van der Waals surface area contributed by atoms with Crippen LogP contribution < -0.4 is 13.9 Å². The van der Waals surface area contributed by atoms with Gasteiger partial charge in [-0.05, 0) is 72.8 Å². The molecule has 0 atom stereocenters. The maximum atomic E-state index is 13.1. The van der Waals surface area contributed by atoms with Crippen molar-refractivity contribution in [2.75, 3.05) is 29.9 Å². The van der Waals surface area contributed by atoms with Gasteiger partial charge in [0.2, 0.25) is 0 Å². The molecule has 1 heterocycles. The van der Waals surface area contributed by atoms with E-state index in [-0.39, 0.29) is 5.91 Å². The lowest BCUT2D eigenvalue weighted by Crippen LogP contribution is -2.35. The lowest BCUT2D eigenvalue weighted by Gasteiger charge is -2.29. The van der Waals surface area contributed by atoms with E-state index < -0.39 is 0 Å². The maximum Gasteiger partial charge on any atom is 0.258 e. The number of aryl methyl sites for hydroxylation is 1. The minimum atomic E-state index is 0.0618. The van der Waals surface area contributed by atoms with E-state index in [1.165, 1.54) is 5.56 Å². The zero-order valence-corrected chi connectivity index (χ0v) is 17.5. The number of para-hydroxylation sites is 3. The van der Waals surface area contributed by atoms with E-state index in [9.17, 15) is 4.79 Å². The molecule has 0 aliphatic carbocycles. The lowest BCUT2D eigenvalue weighted by molar-refractivity contribution is 0.0985. The highest BCUT2D eigenvalue weighted by Crippen LogP contribution is 2.34. The van der Waals surface area contributed by atoms with Crippen molar-refractivity contribution in [3.63, 3.8) is 0 Å². The predicted molar refractivity (Wildman–Crippen MR) is 120 cm³/mol. The van der Waals surface area contributed by atoms with Crippen molar-refractivity contribution in [1.82, 2.24) is 0 Å². The van der Waals surface area contributed by atoms with Gasteiger partial charge in [0, 0.05) is 29.7 Å². The zero-order chi connectivity index (χ0) is 20.2. The van der Waals surface area contributed by atoms with Crippen LogP contribution in [0.2, 0.25) is 0 Å². The molecule has 3 aromatic rings. The van der Waals surface area contributed by atoms with Gasteiger partial charge in [0.1, 0.15) is 5.75 Å². The molecule has 0 unspecified atom stereocenters. The van der Waals surface area contributed by atoms with Crippen LogP contribution in [0.25, 0.3) is 0 Å². The molecular weight excluding hydrogens is 380 g/mol. The monoisotopic (exact) mass is 404 g/mol. The van der Waals surface area contributed by atoms with Crippen molar-refractivity contribution in [2.24, 2.45) is 0 Å². The fourth-order valence-electron chi connectivity index (χ4n) is 3.66. The third-order valence-electron chi connectivity index (χ3n) is 5.12. The van der Waals surface area contributed by atoms with E-state index in [1.54, 1.807) is 19.1 Å². The van der Waals surface area contributed by atoms with Crippen LogP contribution in [0.3, 0.4) is 0 Å². The predicted octanol–water partition coefficient (Wildman–Crippen LogP) is 5.43. The molecule has 0 radical (unpaired) electrons. The summed E-state index contributed by atoms with van der Waals surface area (Å²) in [5, 5.41) is 0. The highest BCUT2D eigenvalue weighted by Gasteiger charge is 2.23. The van der Waals surface area contributed by atoms with E-state index in [0.717, 1.165) is 41.4 Å². The molecule has 0 aromatic heterocycles. The molecule has 1 amide bonds. The van der Waals surface area contributed by atoms with Crippen LogP contribution in [0, 0.1) is 0 Å². The summed E-state index contributed by atoms with van der Waals surface area (Å²) in [5.74, 6) is 0.893. The van der Waals surface area contributed by atoms with Gasteiger partial charge in [-0.3, -0.25) is 4.79 Å². The molecule has 0 bridgehead atoms. The fraction of sp³-hybridized carbons (Fsp3) is 0.208. The van der Waals surface area contributed by atoms with Gasteiger partial charge in [-0.1, -0.05) is 30.3 Å². The van der Waals surface area contributed by atoms with Gasteiger partial charge in [0.25, 0.3) is 5.91 Å². The summed E-state index contributed by atoms with van der Waals surface area (Å²) in [6, 6.07) is 23.9. The summed E-state index contributed by atoms with van der Waals surface area (Å²) in [6.45, 7) is 0.767. The molecule has 3 aromatic carbocycles. The Hall–Kier alpha value is -2.92. The first kappa shape index (κ1) is 19.4. The van der Waals surface area contributed by atoms with Crippen LogP contribution in [0.4, 0.5) is 11.4 Å². The van der Waals surface area contributed by atoms with Gasteiger partial charge in [0.15, 0.2) is 0 Å². The molecule has 4 rings (SSSR count). The van der Waals surface area contributed by atoms with Crippen molar-refractivity contribution in [2.45, 2.75) is 17.7 Å². The highest BCUT2D eigenvalue weighted by molar-refractivity contribution is 8.00. The van der Waals surface area contributed by atoms with Crippen LogP contribution in [-0.2, 0) is 6.42 Å². The van der Waals surface area contributed by atoms with Gasteiger partial charge in [-0.15, -0.1) is 0 Å². The van der Waals surface area contributed by atoms with Gasteiger partial charge in [0.05, 0.1) is 12.8 Å². The molecule has 5 heteroatoms. The Kier molecular flexibility index (Phi) is 5.76. The first-order valence-electron chi connectivity index (χ1n) is 9.72. The van der Waals surface area contributed by atoms with E-state index in [0.29, 0.717) is 5.56 Å². The van der Waals surface area contributed by atoms with E-state index >= 15 is 0 Å². The number of nitrogens with zero attached hydrogens (tertiary/aromatic N) is 2. The Morgan fingerprint density at radius 2 is 1.72 bits per heavy atom. The zero-order valence-electron chi connectivity index (χ0n) is 16.7. The Labute approximate surface area is 176 Å². The molecule has 0 fully saturated rings. The van der Waals surface area contributed by atoms with Crippen molar-refractivity contribution in [3.8, 4) is 5.75 Å². The number of carbonyl (C=O) groups excluding carboxylic acids is 1. The number of rotatable bonds is 5. The van der Waals surface area contributed by atoms with Gasteiger partial charge in [-0.2, -0.15) is 0 Å². The second kappa shape index (κ2) is 8.62. The largest absolute Gasteiger partial charge is 0.495 e. The van der Waals surface area contributed by atoms with Crippen molar-refractivity contribution >= 4 is 29.2 Å². The Bertz CT molecular complexity index is 1000. The number of fused-ring (bicyclic) bond motifs is 1. The summed E-state index contributed by atoms with van der Waals surface area (Å²) in [5.41, 5.74) is 4.01. The second-order valence-electron chi connectivity index (χ2n) is 6.97. The average Bonchev–Trinajstić information content (AvgIpc) is 2.78. The van der Waals surface area contributed by atoms with Crippen molar-refractivity contribution < 1.29 is 9.53 Å². The smallest absolute Gasteiger partial charge is 0.258 e. The molecule has 1 aliphatic heterocycles. The third-order valence-corrected chi connectivity index (χ3v) is 6.08. The topological polar surface area (TPSA) is 32.8 Å². The first-order valence-corrected chi connectivity index (χ1v) is 10.5. The Morgan fingerprint density at radius 1 is 1.00 bits per heavy atom. The standard InChI is InChI=1S/C24H24N2O2S/c1-25(22-11-5-6-12-23(22)28-2)29-20-15-13-19(14-16-20)24(27)26-17-7-9-18-8-3-4-10-21(18)26/h3-6,8,10-16H,7,9,17H2,1-2H3. The summed E-state index contributed by atoms with van der Waals surface area (Å²) in [7, 11) is 3.68. The Balaban J connectivity index is 1.49. The highest BCUT2D eigenvalue weighted by atomic mass is 32.2. The van der Waals surface area contributed by atoms with E-state index in [1.807, 2.05) is 78.7 Å². The minimum absolute atomic E-state index is 0.0618. The summed E-state index contributed by atoms with van der Waals surface area (Å²) in [6.07, 6.45) is 2.03. The summed E-state index contributed by atoms with van der Waals surface area (Å²) >= 11 is 1.60. The first-order chi connectivity index (χ1) is 14.2. The SMILES string of the molecule is COc1ccccc1N(C)Sc1ccc(C(=O)N2CCCc3ccccc32)cc1. The number of benzene rings is 3. The number of hydrogen-bond donors (Lipinski definition) is 0. The normalized spacial score (nSPS) is 13.0. The number of ether oxygens (including phenoxy) is 1. The molecule has 0 saturated heterocycles. The van der Waals surface area contributed by atoms with Crippen molar-refractivity contribution in [1.29, 1.82) is 0 Å². The number of amides is 1. The molecule has 148 valence electrons. The quantitative estimate of drug-likeness (QED) is 0.531. The van der Waals surface area contributed by atoms with Crippen LogP contribution in [0.15, 0.2) is 77.7 Å². The van der Waals surface area contributed by atoms with Crippen LogP contribution in [0.1, 0.15) is 22.3 Å². The molecule has 0 N–H and O–H groups in total. The number of hydrogen-bond acceptors (Lipinski definition) is 4. The number of methoxy groups -OCH3 is 1. The molecule has 0 spiro atoms. The molecule has 29 heavy (non-hydrogen) atoms. The molecule has 4 nitrogen and oxygen atoms in total. The molecular formula is C24H24N2O2S.